The van der Waals surface area contributed by atoms with Gasteiger partial charge in [0, 0.05) is 10.9 Å². The first-order chi connectivity index (χ1) is 14.0. The Bertz CT molecular complexity index is 1240. The van der Waals surface area contributed by atoms with E-state index in [0.717, 1.165) is 27.2 Å². The van der Waals surface area contributed by atoms with E-state index in [-0.39, 0.29) is 5.78 Å². The van der Waals surface area contributed by atoms with E-state index in [1.165, 1.54) is 16.9 Å². The number of aryl methyl sites for hydroxylation is 3. The molecule has 0 aliphatic carbocycles. The molecule has 0 atom stereocenters. The molecule has 0 unspecified atom stereocenters. The predicted octanol–water partition coefficient (Wildman–Crippen LogP) is 6.45. The van der Waals surface area contributed by atoms with Gasteiger partial charge in [-0.25, -0.2) is 4.98 Å². The van der Waals surface area contributed by atoms with Crippen molar-refractivity contribution < 1.29 is 4.79 Å². The quantitative estimate of drug-likeness (QED) is 0.316. The van der Waals surface area contributed by atoms with Crippen LogP contribution in [0, 0.1) is 20.8 Å². The number of anilines is 1. The number of carbonyl (C=O) groups is 1. The van der Waals surface area contributed by atoms with Crippen LogP contribution >= 0.6 is 11.3 Å². The van der Waals surface area contributed by atoms with E-state index in [1.807, 2.05) is 63.2 Å². The summed E-state index contributed by atoms with van der Waals surface area (Å²) in [7, 11) is 0. The molecule has 0 spiro atoms. The highest BCUT2D eigenvalue weighted by atomic mass is 32.1. The predicted molar refractivity (Wildman–Crippen MR) is 119 cm³/mol. The molecule has 0 saturated carbocycles. The van der Waals surface area contributed by atoms with Crippen molar-refractivity contribution in [2.45, 2.75) is 20.8 Å². The lowest BCUT2D eigenvalue weighted by atomic mass is 10.1. The second kappa shape index (κ2) is 7.56. The SMILES string of the molecule is Cc1ccc(N=Nc2c(C)nc3sc(C(=O)c4ccccc4)c(N)c3c2C)cc1. The van der Waals surface area contributed by atoms with Crippen molar-refractivity contribution in [2.75, 3.05) is 5.73 Å². The van der Waals surface area contributed by atoms with Crippen molar-refractivity contribution in [3.05, 3.63) is 81.9 Å². The molecule has 0 amide bonds. The molecule has 2 heterocycles. The first-order valence-electron chi connectivity index (χ1n) is 9.23. The van der Waals surface area contributed by atoms with E-state index in [4.69, 9.17) is 5.73 Å². The number of aromatic nitrogens is 1. The van der Waals surface area contributed by atoms with Crippen LogP contribution in [-0.4, -0.2) is 10.8 Å². The second-order valence-corrected chi connectivity index (χ2v) is 7.93. The summed E-state index contributed by atoms with van der Waals surface area (Å²) in [5.41, 5.74) is 11.7. The second-order valence-electron chi connectivity index (χ2n) is 6.93. The Balaban J connectivity index is 1.79. The van der Waals surface area contributed by atoms with E-state index in [9.17, 15) is 4.79 Å². The van der Waals surface area contributed by atoms with Crippen LogP contribution in [0.15, 0.2) is 64.8 Å². The number of nitrogens with zero attached hydrogens (tertiary/aromatic N) is 3. The third-order valence-electron chi connectivity index (χ3n) is 4.81. The van der Waals surface area contributed by atoms with Gasteiger partial charge in [0.15, 0.2) is 0 Å². The third-order valence-corrected chi connectivity index (χ3v) is 5.91. The lowest BCUT2D eigenvalue weighted by Crippen LogP contribution is -2.01. The van der Waals surface area contributed by atoms with Crippen molar-refractivity contribution in [1.29, 1.82) is 0 Å². The van der Waals surface area contributed by atoms with Gasteiger partial charge in [0.05, 0.1) is 17.1 Å². The summed E-state index contributed by atoms with van der Waals surface area (Å²) in [6.45, 7) is 5.87. The zero-order valence-corrected chi connectivity index (χ0v) is 17.2. The lowest BCUT2D eigenvalue weighted by molar-refractivity contribution is 0.104. The zero-order chi connectivity index (χ0) is 20.5. The molecule has 2 aromatic heterocycles. The zero-order valence-electron chi connectivity index (χ0n) is 16.4. The Labute approximate surface area is 172 Å². The van der Waals surface area contributed by atoms with Gasteiger partial charge in [-0.2, -0.15) is 5.11 Å². The number of rotatable bonds is 4. The Morgan fingerprint density at radius 3 is 2.34 bits per heavy atom. The average Bonchev–Trinajstić information content (AvgIpc) is 3.05. The fourth-order valence-electron chi connectivity index (χ4n) is 3.22. The molecular formula is C23H20N4OS. The van der Waals surface area contributed by atoms with Crippen molar-refractivity contribution in [2.24, 2.45) is 10.2 Å². The van der Waals surface area contributed by atoms with E-state index < -0.39 is 0 Å². The number of nitrogen functional groups attached to an aromatic ring is 1. The van der Waals surface area contributed by atoms with Crippen molar-refractivity contribution in [3.63, 3.8) is 0 Å². The molecule has 4 rings (SSSR count). The molecule has 144 valence electrons. The molecule has 5 nitrogen and oxygen atoms in total. The van der Waals surface area contributed by atoms with E-state index in [0.29, 0.717) is 21.8 Å². The highest BCUT2D eigenvalue weighted by Gasteiger charge is 2.22. The van der Waals surface area contributed by atoms with E-state index in [2.05, 4.69) is 15.2 Å². The summed E-state index contributed by atoms with van der Waals surface area (Å²) in [6, 6.07) is 17.0. The van der Waals surface area contributed by atoms with Crippen molar-refractivity contribution in [3.8, 4) is 0 Å². The van der Waals surface area contributed by atoms with Gasteiger partial charge in [-0.3, -0.25) is 4.79 Å². The van der Waals surface area contributed by atoms with E-state index >= 15 is 0 Å². The smallest absolute Gasteiger partial charge is 0.205 e. The molecule has 2 aromatic carbocycles. The monoisotopic (exact) mass is 400 g/mol. The highest BCUT2D eigenvalue weighted by Crippen LogP contribution is 2.40. The fourth-order valence-corrected chi connectivity index (χ4v) is 4.39. The number of azo groups is 1. The summed E-state index contributed by atoms with van der Waals surface area (Å²) in [6.07, 6.45) is 0. The lowest BCUT2D eigenvalue weighted by Gasteiger charge is -2.06. The number of nitrogens with two attached hydrogens (primary N) is 1. The maximum absolute atomic E-state index is 12.9. The van der Waals surface area contributed by atoms with Crippen molar-refractivity contribution >= 4 is 44.4 Å². The summed E-state index contributed by atoms with van der Waals surface area (Å²) < 4.78 is 0. The molecular weight excluding hydrogens is 380 g/mol. The highest BCUT2D eigenvalue weighted by molar-refractivity contribution is 7.21. The fraction of sp³-hybridized carbons (Fsp3) is 0.130. The number of benzene rings is 2. The van der Waals surface area contributed by atoms with Crippen LogP contribution in [0.1, 0.15) is 32.1 Å². The number of ketones is 1. The van der Waals surface area contributed by atoms with E-state index in [1.54, 1.807) is 12.1 Å². The molecule has 0 radical (unpaired) electrons. The number of pyridine rings is 1. The molecule has 29 heavy (non-hydrogen) atoms. The number of thiophene rings is 1. The van der Waals surface area contributed by atoms with Crippen LogP contribution < -0.4 is 5.73 Å². The number of fused-ring (bicyclic) bond motifs is 1. The molecule has 0 saturated heterocycles. The van der Waals surface area contributed by atoms with Gasteiger partial charge >= 0.3 is 0 Å². The number of hydrogen-bond donors (Lipinski definition) is 1. The van der Waals surface area contributed by atoms with Gasteiger partial charge in [-0.1, -0.05) is 48.0 Å². The number of carbonyl (C=O) groups excluding carboxylic acids is 1. The summed E-state index contributed by atoms with van der Waals surface area (Å²) in [4.78, 5) is 18.8. The Hall–Kier alpha value is -3.38. The van der Waals surface area contributed by atoms with Crippen LogP contribution in [0.2, 0.25) is 0 Å². The molecule has 0 aliphatic rings. The minimum absolute atomic E-state index is 0.0917. The van der Waals surface area contributed by atoms with Crippen LogP contribution in [0.4, 0.5) is 17.1 Å². The van der Waals surface area contributed by atoms with Gasteiger partial charge in [0.2, 0.25) is 5.78 Å². The van der Waals surface area contributed by atoms with Crippen LogP contribution in [0.25, 0.3) is 10.2 Å². The largest absolute Gasteiger partial charge is 0.397 e. The van der Waals surface area contributed by atoms with Crippen LogP contribution in [0.5, 0.6) is 0 Å². The summed E-state index contributed by atoms with van der Waals surface area (Å²) >= 11 is 1.32. The van der Waals surface area contributed by atoms with Gasteiger partial charge in [0.1, 0.15) is 15.4 Å². The Kier molecular flexibility index (Phi) is 4.94. The molecule has 0 aliphatic heterocycles. The number of hydrogen-bond acceptors (Lipinski definition) is 6. The minimum Gasteiger partial charge on any atom is -0.397 e. The van der Waals surface area contributed by atoms with Gasteiger partial charge in [0.25, 0.3) is 0 Å². The van der Waals surface area contributed by atoms with Crippen molar-refractivity contribution in [1.82, 2.24) is 4.98 Å². The summed E-state index contributed by atoms with van der Waals surface area (Å²) in [5, 5.41) is 9.56. The maximum atomic E-state index is 12.9. The minimum atomic E-state index is -0.0917. The standard InChI is InChI=1S/C23H20N4OS/c1-13-9-11-17(12-10-13)26-27-20-14(2)18-19(24)22(29-23(18)25-15(20)3)21(28)16-7-5-4-6-8-16/h4-12H,24H2,1-3H3. The molecule has 0 bridgehead atoms. The van der Waals surface area contributed by atoms with Gasteiger partial charge in [-0.15, -0.1) is 16.5 Å². The first kappa shape index (κ1) is 19.0. The Morgan fingerprint density at radius 1 is 0.966 bits per heavy atom. The van der Waals surface area contributed by atoms with Crippen LogP contribution in [-0.2, 0) is 0 Å². The maximum Gasteiger partial charge on any atom is 0.205 e. The Morgan fingerprint density at radius 2 is 1.66 bits per heavy atom. The molecule has 4 aromatic rings. The van der Waals surface area contributed by atoms with Gasteiger partial charge < -0.3 is 5.73 Å². The van der Waals surface area contributed by atoms with Crippen LogP contribution in [0.3, 0.4) is 0 Å². The summed E-state index contributed by atoms with van der Waals surface area (Å²) in [5.74, 6) is -0.0917. The topological polar surface area (TPSA) is 80.7 Å². The molecule has 0 fully saturated rings. The average molecular weight is 401 g/mol. The van der Waals surface area contributed by atoms with Gasteiger partial charge in [-0.05, 0) is 38.5 Å². The molecule has 2 N–H and O–H groups in total. The normalized spacial score (nSPS) is 11.4. The molecule has 6 heteroatoms. The first-order valence-corrected chi connectivity index (χ1v) is 10.0. The third kappa shape index (κ3) is 3.54.